The predicted octanol–water partition coefficient (Wildman–Crippen LogP) is 2.91. The first-order valence-corrected chi connectivity index (χ1v) is 7.12. The first-order valence-electron chi connectivity index (χ1n) is 7.12. The molecule has 0 aliphatic carbocycles. The summed E-state index contributed by atoms with van der Waals surface area (Å²) in [5.74, 6) is 0.0202. The van der Waals surface area contributed by atoms with Crippen LogP contribution in [-0.2, 0) is 11.3 Å². The minimum atomic E-state index is -0.267. The number of nitrogens with zero attached hydrogens (tertiary/aromatic N) is 1. The van der Waals surface area contributed by atoms with E-state index in [4.69, 9.17) is 0 Å². The molecule has 3 heteroatoms. The quantitative estimate of drug-likeness (QED) is 0.914. The Balaban J connectivity index is 2.04. The van der Waals surface area contributed by atoms with Crippen molar-refractivity contribution in [2.45, 2.75) is 19.5 Å². The van der Waals surface area contributed by atoms with Crippen molar-refractivity contribution >= 4 is 5.91 Å². The van der Waals surface area contributed by atoms with E-state index in [1.54, 1.807) is 0 Å². The number of carbonyl (C=O) groups excluding carboxylic acids is 1. The van der Waals surface area contributed by atoms with Crippen LogP contribution in [0, 0.1) is 6.92 Å². The molecular formula is C18H22N2O. The summed E-state index contributed by atoms with van der Waals surface area (Å²) in [4.78, 5) is 14.4. The van der Waals surface area contributed by atoms with Gasteiger partial charge in [-0.3, -0.25) is 9.69 Å². The summed E-state index contributed by atoms with van der Waals surface area (Å²) in [6, 6.07) is 17.8. The molecule has 21 heavy (non-hydrogen) atoms. The molecule has 0 saturated carbocycles. The maximum Gasteiger partial charge on any atom is 0.242 e. The van der Waals surface area contributed by atoms with Crippen LogP contribution in [-0.4, -0.2) is 24.9 Å². The van der Waals surface area contributed by atoms with Crippen LogP contribution in [0.2, 0.25) is 0 Å². The molecule has 0 spiro atoms. The Kier molecular flexibility index (Phi) is 5.12. The summed E-state index contributed by atoms with van der Waals surface area (Å²) in [5.41, 5.74) is 3.34. The van der Waals surface area contributed by atoms with Crippen LogP contribution in [0.25, 0.3) is 0 Å². The van der Waals surface area contributed by atoms with Crippen molar-refractivity contribution in [3.8, 4) is 0 Å². The van der Waals surface area contributed by atoms with Gasteiger partial charge in [0.2, 0.25) is 5.91 Å². The van der Waals surface area contributed by atoms with Crippen LogP contribution in [0.4, 0.5) is 0 Å². The number of rotatable bonds is 5. The van der Waals surface area contributed by atoms with Gasteiger partial charge in [-0.15, -0.1) is 0 Å². The minimum absolute atomic E-state index is 0.0202. The third-order valence-corrected chi connectivity index (χ3v) is 3.47. The molecule has 2 aromatic carbocycles. The summed E-state index contributed by atoms with van der Waals surface area (Å²) >= 11 is 0. The highest BCUT2D eigenvalue weighted by Crippen LogP contribution is 2.18. The molecule has 1 atom stereocenters. The maximum atomic E-state index is 12.5. The molecule has 1 unspecified atom stereocenters. The van der Waals surface area contributed by atoms with Crippen molar-refractivity contribution in [1.82, 2.24) is 10.2 Å². The first kappa shape index (κ1) is 15.3. The van der Waals surface area contributed by atoms with Crippen molar-refractivity contribution in [2.24, 2.45) is 0 Å². The summed E-state index contributed by atoms with van der Waals surface area (Å²) in [6.45, 7) is 2.61. The van der Waals surface area contributed by atoms with Gasteiger partial charge in [-0.05, 0) is 32.1 Å². The second-order valence-corrected chi connectivity index (χ2v) is 5.48. The molecule has 1 N–H and O–H groups in total. The molecule has 110 valence electrons. The number of amides is 1. The number of hydrogen-bond acceptors (Lipinski definition) is 2. The lowest BCUT2D eigenvalue weighted by Gasteiger charge is -2.23. The van der Waals surface area contributed by atoms with Crippen molar-refractivity contribution in [2.75, 3.05) is 14.1 Å². The largest absolute Gasteiger partial charge is 0.350 e. The number of aryl methyl sites for hydroxylation is 1. The second-order valence-electron chi connectivity index (χ2n) is 5.48. The Morgan fingerprint density at radius 2 is 1.67 bits per heavy atom. The highest BCUT2D eigenvalue weighted by atomic mass is 16.2. The molecule has 0 aliphatic heterocycles. The van der Waals surface area contributed by atoms with Crippen molar-refractivity contribution in [1.29, 1.82) is 0 Å². The SMILES string of the molecule is Cc1ccc(CNC(=O)C(c2ccccc2)N(C)C)cc1. The Labute approximate surface area is 126 Å². The van der Waals surface area contributed by atoms with Gasteiger partial charge >= 0.3 is 0 Å². The zero-order valence-electron chi connectivity index (χ0n) is 12.8. The Morgan fingerprint density at radius 1 is 1.05 bits per heavy atom. The number of likely N-dealkylation sites (N-methyl/N-ethyl adjacent to an activating group) is 1. The summed E-state index contributed by atoms with van der Waals surface area (Å²) < 4.78 is 0. The standard InChI is InChI=1S/C18H22N2O/c1-14-9-11-15(12-10-14)13-19-18(21)17(20(2)3)16-7-5-4-6-8-16/h4-12,17H,13H2,1-3H3,(H,19,21). The monoisotopic (exact) mass is 282 g/mol. The molecule has 0 bridgehead atoms. The number of benzene rings is 2. The van der Waals surface area contributed by atoms with E-state index < -0.39 is 0 Å². The van der Waals surface area contributed by atoms with Gasteiger partial charge in [-0.1, -0.05) is 60.2 Å². The molecule has 0 radical (unpaired) electrons. The Bertz CT molecular complexity index is 576. The van der Waals surface area contributed by atoms with Crippen LogP contribution < -0.4 is 5.32 Å². The molecule has 2 rings (SSSR count). The van der Waals surface area contributed by atoms with Gasteiger partial charge in [0.05, 0.1) is 0 Å². The van der Waals surface area contributed by atoms with E-state index in [-0.39, 0.29) is 11.9 Å². The third-order valence-electron chi connectivity index (χ3n) is 3.47. The Morgan fingerprint density at radius 3 is 2.24 bits per heavy atom. The van der Waals surface area contributed by atoms with Gasteiger partial charge in [0.25, 0.3) is 0 Å². The zero-order chi connectivity index (χ0) is 15.2. The molecule has 0 heterocycles. The highest BCUT2D eigenvalue weighted by molar-refractivity contribution is 5.83. The van der Waals surface area contributed by atoms with Crippen molar-refractivity contribution < 1.29 is 4.79 Å². The fraction of sp³-hybridized carbons (Fsp3) is 0.278. The van der Waals surface area contributed by atoms with Crippen LogP contribution >= 0.6 is 0 Å². The van der Waals surface area contributed by atoms with Crippen molar-refractivity contribution in [3.05, 3.63) is 71.3 Å². The average molecular weight is 282 g/mol. The molecular weight excluding hydrogens is 260 g/mol. The van der Waals surface area contributed by atoms with E-state index in [0.717, 1.165) is 11.1 Å². The molecule has 0 aromatic heterocycles. The van der Waals surface area contributed by atoms with Crippen LogP contribution in [0.5, 0.6) is 0 Å². The number of carbonyl (C=O) groups is 1. The number of hydrogen-bond donors (Lipinski definition) is 1. The van der Waals surface area contributed by atoms with E-state index in [9.17, 15) is 4.79 Å². The van der Waals surface area contributed by atoms with Gasteiger partial charge in [0.1, 0.15) is 6.04 Å². The molecule has 3 nitrogen and oxygen atoms in total. The van der Waals surface area contributed by atoms with E-state index in [1.807, 2.05) is 61.5 Å². The van der Waals surface area contributed by atoms with Crippen molar-refractivity contribution in [3.63, 3.8) is 0 Å². The Hall–Kier alpha value is -2.13. The minimum Gasteiger partial charge on any atom is -0.350 e. The second kappa shape index (κ2) is 7.04. The van der Waals surface area contributed by atoms with E-state index >= 15 is 0 Å². The predicted molar refractivity (Wildman–Crippen MR) is 85.9 cm³/mol. The molecule has 2 aromatic rings. The van der Waals surface area contributed by atoms with Crippen LogP contribution in [0.3, 0.4) is 0 Å². The lowest BCUT2D eigenvalue weighted by atomic mass is 10.1. The van der Waals surface area contributed by atoms with Gasteiger partial charge in [-0.2, -0.15) is 0 Å². The molecule has 1 amide bonds. The van der Waals surface area contributed by atoms with Gasteiger partial charge < -0.3 is 5.32 Å². The zero-order valence-corrected chi connectivity index (χ0v) is 12.8. The molecule has 0 saturated heterocycles. The summed E-state index contributed by atoms with van der Waals surface area (Å²) in [6.07, 6.45) is 0. The number of nitrogens with one attached hydrogen (secondary N) is 1. The van der Waals surface area contributed by atoms with Gasteiger partial charge in [0, 0.05) is 6.54 Å². The summed E-state index contributed by atoms with van der Waals surface area (Å²) in [7, 11) is 3.84. The van der Waals surface area contributed by atoms with E-state index in [2.05, 4.69) is 24.4 Å². The lowest BCUT2D eigenvalue weighted by Crippen LogP contribution is -2.36. The van der Waals surface area contributed by atoms with Crippen LogP contribution in [0.15, 0.2) is 54.6 Å². The van der Waals surface area contributed by atoms with E-state index in [1.165, 1.54) is 5.56 Å². The fourth-order valence-electron chi connectivity index (χ4n) is 2.31. The van der Waals surface area contributed by atoms with E-state index in [0.29, 0.717) is 6.54 Å². The lowest BCUT2D eigenvalue weighted by molar-refractivity contribution is -0.125. The smallest absolute Gasteiger partial charge is 0.242 e. The normalized spacial score (nSPS) is 12.2. The first-order chi connectivity index (χ1) is 10.1. The van der Waals surface area contributed by atoms with Crippen LogP contribution in [0.1, 0.15) is 22.7 Å². The molecule has 0 fully saturated rings. The maximum absolute atomic E-state index is 12.5. The van der Waals surface area contributed by atoms with Gasteiger partial charge in [-0.25, -0.2) is 0 Å². The highest BCUT2D eigenvalue weighted by Gasteiger charge is 2.22. The fourth-order valence-corrected chi connectivity index (χ4v) is 2.31. The average Bonchev–Trinajstić information content (AvgIpc) is 2.47. The third kappa shape index (κ3) is 4.17. The summed E-state index contributed by atoms with van der Waals surface area (Å²) in [5, 5.41) is 3.02. The molecule has 0 aliphatic rings. The topological polar surface area (TPSA) is 32.3 Å². The van der Waals surface area contributed by atoms with Gasteiger partial charge in [0.15, 0.2) is 0 Å².